The summed E-state index contributed by atoms with van der Waals surface area (Å²) in [5.41, 5.74) is -0.101. The van der Waals surface area contributed by atoms with Crippen LogP contribution in [0.25, 0.3) is 0 Å². The van der Waals surface area contributed by atoms with Gasteiger partial charge in [-0.05, 0) is 44.7 Å². The number of rotatable bonds is 6. The quantitative estimate of drug-likeness (QED) is 0.623. The Hall–Kier alpha value is -0.780. The summed E-state index contributed by atoms with van der Waals surface area (Å²) in [6.45, 7) is 6.99. The Morgan fingerprint density at radius 1 is 1.50 bits per heavy atom. The molecule has 0 amide bonds. The van der Waals surface area contributed by atoms with Crippen molar-refractivity contribution in [2.75, 3.05) is 0 Å². The summed E-state index contributed by atoms with van der Waals surface area (Å²) in [6.07, 6.45) is 2.17. The molecule has 0 spiro atoms. The molecule has 0 aromatic heterocycles. The van der Waals surface area contributed by atoms with E-state index in [0.717, 1.165) is 6.07 Å². The molecule has 2 N–H and O–H groups in total. The van der Waals surface area contributed by atoms with Crippen molar-refractivity contribution in [2.45, 2.75) is 37.4 Å². The summed E-state index contributed by atoms with van der Waals surface area (Å²) >= 11 is 5.71. The van der Waals surface area contributed by atoms with Gasteiger partial charge < -0.3 is 0 Å². The van der Waals surface area contributed by atoms with Crippen LogP contribution in [-0.4, -0.2) is 8.96 Å². The van der Waals surface area contributed by atoms with Gasteiger partial charge in [0.15, 0.2) is 0 Å². The van der Waals surface area contributed by atoms with Gasteiger partial charge in [-0.15, -0.1) is 6.58 Å². The molecule has 0 aliphatic rings. The Morgan fingerprint density at radius 2 is 2.10 bits per heavy atom. The maximum Gasteiger partial charge on any atom is 0.148 e. The molecule has 1 aromatic carbocycles. The van der Waals surface area contributed by atoms with E-state index in [9.17, 15) is 13.0 Å². The molecular weight excluding hydrogens is 304 g/mol. The van der Waals surface area contributed by atoms with Crippen LogP contribution in [0.5, 0.6) is 0 Å². The third-order valence-corrected chi connectivity index (χ3v) is 4.77. The van der Waals surface area contributed by atoms with Crippen LogP contribution >= 0.6 is 11.6 Å². The summed E-state index contributed by atoms with van der Waals surface area (Å²) in [7, 11) is -1.60. The van der Waals surface area contributed by atoms with Crippen molar-refractivity contribution in [1.29, 1.82) is 0 Å². The van der Waals surface area contributed by atoms with Crippen LogP contribution in [0.1, 0.15) is 38.2 Å². The van der Waals surface area contributed by atoms with Crippen LogP contribution in [-0.2, 0) is 11.0 Å². The molecule has 0 fully saturated rings. The Kier molecular flexibility index (Phi) is 5.86. The first-order valence-corrected chi connectivity index (χ1v) is 7.70. The minimum absolute atomic E-state index is 0.101. The van der Waals surface area contributed by atoms with Gasteiger partial charge in [0.05, 0.1) is 20.8 Å². The molecule has 20 heavy (non-hydrogen) atoms. The van der Waals surface area contributed by atoms with Crippen LogP contribution in [0.4, 0.5) is 8.78 Å². The summed E-state index contributed by atoms with van der Waals surface area (Å²) in [6, 6.07) is 2.30. The maximum absolute atomic E-state index is 14.1. The zero-order chi connectivity index (χ0) is 15.5. The van der Waals surface area contributed by atoms with Crippen molar-refractivity contribution in [3.05, 3.63) is 47.0 Å². The third-order valence-electron chi connectivity index (χ3n) is 3.22. The highest BCUT2D eigenvalue weighted by atomic mass is 35.5. The smallest absolute Gasteiger partial charge is 0.148 e. The molecule has 2 nitrogen and oxygen atoms in total. The Morgan fingerprint density at radius 3 is 2.60 bits per heavy atom. The molecule has 112 valence electrons. The molecule has 0 saturated carbocycles. The van der Waals surface area contributed by atoms with Crippen molar-refractivity contribution >= 4 is 22.6 Å². The predicted molar refractivity (Wildman–Crippen MR) is 79.9 cm³/mol. The van der Waals surface area contributed by atoms with Gasteiger partial charge in [-0.25, -0.2) is 13.0 Å². The minimum atomic E-state index is -1.60. The third kappa shape index (κ3) is 3.87. The molecule has 1 unspecified atom stereocenters. The average molecular weight is 322 g/mol. The highest BCUT2D eigenvalue weighted by Crippen LogP contribution is 2.36. The Bertz CT molecular complexity index is 534. The lowest BCUT2D eigenvalue weighted by atomic mass is 9.86. The molecular formula is C14H18ClF2NOS. The molecule has 1 rings (SSSR count). The lowest BCUT2D eigenvalue weighted by molar-refractivity contribution is 0.470. The standard InChI is InChI=1S/C14H18ClF2NOS/c1-4-5-9(8-14(2,3)20(18)19)12-11(16)7-6-10(15)13(12)17/h4,6-7,9H,1,5,8,18H2,2-3H3/t9-,20?/m0/s1. The summed E-state index contributed by atoms with van der Waals surface area (Å²) in [5, 5.41) is 5.29. The van der Waals surface area contributed by atoms with Crippen molar-refractivity contribution in [1.82, 2.24) is 0 Å². The van der Waals surface area contributed by atoms with E-state index in [1.807, 2.05) is 0 Å². The maximum atomic E-state index is 14.1. The van der Waals surface area contributed by atoms with Crippen molar-refractivity contribution in [3.63, 3.8) is 0 Å². The molecule has 0 aliphatic heterocycles. The number of benzene rings is 1. The molecule has 0 aliphatic carbocycles. The van der Waals surface area contributed by atoms with Crippen molar-refractivity contribution in [3.8, 4) is 0 Å². The topological polar surface area (TPSA) is 43.1 Å². The van der Waals surface area contributed by atoms with E-state index < -0.39 is 33.3 Å². The second-order valence-corrected chi connectivity index (χ2v) is 7.35. The first kappa shape index (κ1) is 17.3. The van der Waals surface area contributed by atoms with Gasteiger partial charge in [0, 0.05) is 5.56 Å². The fourth-order valence-electron chi connectivity index (χ4n) is 2.10. The zero-order valence-electron chi connectivity index (χ0n) is 11.5. The SMILES string of the molecule is C=CC[C@@H](CC(C)(C)S(N)=O)c1c(F)ccc(Cl)c1F. The van der Waals surface area contributed by atoms with Crippen LogP contribution in [0.2, 0.25) is 5.02 Å². The monoisotopic (exact) mass is 321 g/mol. The molecule has 1 aromatic rings. The fourth-order valence-corrected chi connectivity index (χ4v) is 2.63. The normalized spacial score (nSPS) is 14.9. The van der Waals surface area contributed by atoms with E-state index in [1.165, 1.54) is 6.07 Å². The predicted octanol–water partition coefficient (Wildman–Crippen LogP) is 4.07. The van der Waals surface area contributed by atoms with E-state index in [1.54, 1.807) is 19.9 Å². The van der Waals surface area contributed by atoms with Gasteiger partial charge in [0.2, 0.25) is 0 Å². The van der Waals surface area contributed by atoms with Crippen LogP contribution in [0.15, 0.2) is 24.8 Å². The number of hydrogen-bond donors (Lipinski definition) is 1. The lowest BCUT2D eigenvalue weighted by Crippen LogP contribution is -2.34. The van der Waals surface area contributed by atoms with Crippen LogP contribution < -0.4 is 5.14 Å². The lowest BCUT2D eigenvalue weighted by Gasteiger charge is -2.27. The number of nitrogens with two attached hydrogens (primary N) is 1. The van der Waals surface area contributed by atoms with E-state index in [4.69, 9.17) is 16.7 Å². The molecule has 0 heterocycles. The summed E-state index contributed by atoms with van der Waals surface area (Å²) in [5.74, 6) is -1.97. The Balaban J connectivity index is 3.25. The number of allylic oxidation sites excluding steroid dienone is 1. The van der Waals surface area contributed by atoms with Gasteiger partial charge in [0.1, 0.15) is 11.6 Å². The molecule has 0 saturated heterocycles. The fraction of sp³-hybridized carbons (Fsp3) is 0.429. The average Bonchev–Trinajstić information content (AvgIpc) is 2.34. The van der Waals surface area contributed by atoms with Gasteiger partial charge in [-0.2, -0.15) is 0 Å². The molecule has 0 bridgehead atoms. The van der Waals surface area contributed by atoms with Crippen LogP contribution in [0.3, 0.4) is 0 Å². The van der Waals surface area contributed by atoms with E-state index in [-0.39, 0.29) is 17.0 Å². The number of hydrogen-bond acceptors (Lipinski definition) is 1. The zero-order valence-corrected chi connectivity index (χ0v) is 13.0. The first-order valence-electron chi connectivity index (χ1n) is 6.11. The highest BCUT2D eigenvalue weighted by molar-refractivity contribution is 7.84. The minimum Gasteiger partial charge on any atom is -0.251 e. The van der Waals surface area contributed by atoms with Crippen LogP contribution in [0, 0.1) is 11.6 Å². The van der Waals surface area contributed by atoms with Gasteiger partial charge in [-0.3, -0.25) is 5.14 Å². The number of halogens is 3. The molecule has 6 heteroatoms. The van der Waals surface area contributed by atoms with Crippen molar-refractivity contribution in [2.24, 2.45) is 5.14 Å². The highest BCUT2D eigenvalue weighted by Gasteiger charge is 2.31. The summed E-state index contributed by atoms with van der Waals surface area (Å²) < 4.78 is 38.8. The van der Waals surface area contributed by atoms with Crippen molar-refractivity contribution < 1.29 is 13.0 Å². The Labute approximate surface area is 125 Å². The van der Waals surface area contributed by atoms with E-state index in [0.29, 0.717) is 6.42 Å². The second-order valence-electron chi connectivity index (χ2n) is 5.24. The van der Waals surface area contributed by atoms with Gasteiger partial charge in [0.25, 0.3) is 0 Å². The van der Waals surface area contributed by atoms with Gasteiger partial charge in [-0.1, -0.05) is 17.7 Å². The molecule has 2 atom stereocenters. The second kappa shape index (κ2) is 6.78. The molecule has 0 radical (unpaired) electrons. The first-order chi connectivity index (χ1) is 9.20. The summed E-state index contributed by atoms with van der Waals surface area (Å²) in [4.78, 5) is 0. The largest absolute Gasteiger partial charge is 0.251 e. The van der Waals surface area contributed by atoms with E-state index >= 15 is 0 Å². The van der Waals surface area contributed by atoms with Gasteiger partial charge >= 0.3 is 0 Å². The van der Waals surface area contributed by atoms with E-state index in [2.05, 4.69) is 6.58 Å².